The lowest BCUT2D eigenvalue weighted by atomic mass is 10.1. The summed E-state index contributed by atoms with van der Waals surface area (Å²) in [6.45, 7) is 9.88. The maximum Gasteiger partial charge on any atom is 0.239 e. The molecule has 0 aliphatic carbocycles. The van der Waals surface area contributed by atoms with Crippen molar-refractivity contribution in [2.45, 2.75) is 45.8 Å². The molecule has 0 bridgehead atoms. The van der Waals surface area contributed by atoms with Crippen LogP contribution >= 0.6 is 0 Å². The summed E-state index contributed by atoms with van der Waals surface area (Å²) >= 11 is 0. The van der Waals surface area contributed by atoms with Crippen LogP contribution in [0.1, 0.15) is 33.3 Å². The minimum Gasteiger partial charge on any atom is -0.355 e. The molecule has 1 rings (SSSR count). The molecule has 0 aliphatic heterocycles. The van der Waals surface area contributed by atoms with Crippen LogP contribution in [0.4, 0.5) is 0 Å². The van der Waals surface area contributed by atoms with Crippen LogP contribution in [0.25, 0.3) is 0 Å². The molecule has 0 aliphatic rings. The summed E-state index contributed by atoms with van der Waals surface area (Å²) in [5.41, 5.74) is 1.06. The Bertz CT molecular complexity index is 551. The van der Waals surface area contributed by atoms with Crippen molar-refractivity contribution in [2.75, 3.05) is 27.2 Å². The first-order valence-electron chi connectivity index (χ1n) is 8.71. The Morgan fingerprint density at radius 3 is 2.40 bits per heavy atom. The van der Waals surface area contributed by atoms with Gasteiger partial charge in [-0.1, -0.05) is 30.3 Å². The molecule has 1 aromatic carbocycles. The quantitative estimate of drug-likeness (QED) is 0.517. The Balaban J connectivity index is 2.37. The van der Waals surface area contributed by atoms with Crippen molar-refractivity contribution in [2.24, 2.45) is 4.99 Å². The Kier molecular flexibility index (Phi) is 8.41. The molecule has 0 spiro atoms. The van der Waals surface area contributed by atoms with E-state index < -0.39 is 0 Å². The average Bonchev–Trinajstić information content (AvgIpc) is 2.54. The van der Waals surface area contributed by atoms with E-state index in [1.165, 1.54) is 5.56 Å². The lowest BCUT2D eigenvalue weighted by molar-refractivity contribution is -0.121. The topological polar surface area (TPSA) is 68.8 Å². The number of carbonyl (C=O) groups excluding carboxylic acids is 1. The van der Waals surface area contributed by atoms with Crippen LogP contribution in [-0.2, 0) is 11.3 Å². The molecule has 140 valence electrons. The molecule has 6 heteroatoms. The highest BCUT2D eigenvalue weighted by Gasteiger charge is 2.14. The van der Waals surface area contributed by atoms with E-state index in [1.807, 2.05) is 26.8 Å². The number of nitrogens with zero attached hydrogens (tertiary/aromatic N) is 2. The molecule has 1 atom stereocenters. The number of amides is 1. The first-order chi connectivity index (χ1) is 11.7. The van der Waals surface area contributed by atoms with Gasteiger partial charge in [-0.2, -0.15) is 0 Å². The molecule has 0 saturated heterocycles. The van der Waals surface area contributed by atoms with E-state index in [4.69, 9.17) is 0 Å². The fraction of sp³-hybridized carbons (Fsp3) is 0.579. The van der Waals surface area contributed by atoms with E-state index in [0.717, 1.165) is 13.1 Å². The van der Waals surface area contributed by atoms with E-state index in [-0.39, 0.29) is 18.0 Å². The SMILES string of the molecule is CN=C(NCC(=O)NC(C)(C)C)NCC(C)N(C)Cc1ccccc1. The zero-order valence-electron chi connectivity index (χ0n) is 16.4. The van der Waals surface area contributed by atoms with Crippen molar-refractivity contribution in [3.05, 3.63) is 35.9 Å². The molecule has 1 amide bonds. The van der Waals surface area contributed by atoms with Crippen molar-refractivity contribution >= 4 is 11.9 Å². The number of aliphatic imine (C=N–C) groups is 1. The standard InChI is InChI=1S/C19H33N5O/c1-15(24(6)14-16-10-8-7-9-11-16)12-21-18(20-5)22-13-17(25)23-19(2,3)4/h7-11,15H,12-14H2,1-6H3,(H,23,25)(H2,20,21,22). The normalized spacial score (nSPS) is 13.5. The summed E-state index contributed by atoms with van der Waals surface area (Å²) in [6, 6.07) is 10.7. The Hall–Kier alpha value is -2.08. The van der Waals surface area contributed by atoms with Gasteiger partial charge in [0.2, 0.25) is 5.91 Å². The van der Waals surface area contributed by atoms with Gasteiger partial charge < -0.3 is 16.0 Å². The van der Waals surface area contributed by atoms with Gasteiger partial charge in [-0.3, -0.25) is 14.7 Å². The monoisotopic (exact) mass is 347 g/mol. The second kappa shape index (κ2) is 10.0. The number of hydrogen-bond acceptors (Lipinski definition) is 3. The fourth-order valence-corrected chi connectivity index (χ4v) is 2.27. The Morgan fingerprint density at radius 1 is 1.20 bits per heavy atom. The third-order valence-electron chi connectivity index (χ3n) is 3.75. The van der Waals surface area contributed by atoms with E-state index in [9.17, 15) is 4.79 Å². The first kappa shape index (κ1) is 21.0. The van der Waals surface area contributed by atoms with E-state index in [2.05, 4.69) is 64.1 Å². The highest BCUT2D eigenvalue weighted by Crippen LogP contribution is 2.05. The molecule has 6 nitrogen and oxygen atoms in total. The van der Waals surface area contributed by atoms with Crippen molar-refractivity contribution < 1.29 is 4.79 Å². The van der Waals surface area contributed by atoms with E-state index in [0.29, 0.717) is 12.0 Å². The average molecular weight is 348 g/mol. The summed E-state index contributed by atoms with van der Waals surface area (Å²) in [6.07, 6.45) is 0. The van der Waals surface area contributed by atoms with Gasteiger partial charge in [0.25, 0.3) is 0 Å². The molecular weight excluding hydrogens is 314 g/mol. The van der Waals surface area contributed by atoms with Crippen molar-refractivity contribution in [3.8, 4) is 0 Å². The van der Waals surface area contributed by atoms with Crippen LogP contribution in [-0.4, -0.2) is 55.5 Å². The fourth-order valence-electron chi connectivity index (χ4n) is 2.27. The van der Waals surface area contributed by atoms with Gasteiger partial charge in [-0.25, -0.2) is 0 Å². The van der Waals surface area contributed by atoms with Gasteiger partial charge >= 0.3 is 0 Å². The molecule has 0 aromatic heterocycles. The summed E-state index contributed by atoms with van der Waals surface area (Å²) in [5, 5.41) is 9.23. The Morgan fingerprint density at radius 2 is 1.84 bits per heavy atom. The number of guanidine groups is 1. The highest BCUT2D eigenvalue weighted by atomic mass is 16.2. The van der Waals surface area contributed by atoms with Crippen LogP contribution in [0.15, 0.2) is 35.3 Å². The molecule has 25 heavy (non-hydrogen) atoms. The number of hydrogen-bond donors (Lipinski definition) is 3. The first-order valence-corrected chi connectivity index (χ1v) is 8.71. The number of rotatable bonds is 7. The minimum atomic E-state index is -0.232. The summed E-state index contributed by atoms with van der Waals surface area (Å²) in [5.74, 6) is 0.578. The van der Waals surface area contributed by atoms with Crippen LogP contribution < -0.4 is 16.0 Å². The second-order valence-electron chi connectivity index (χ2n) is 7.35. The molecule has 0 saturated carbocycles. The summed E-state index contributed by atoms with van der Waals surface area (Å²) in [7, 11) is 3.81. The van der Waals surface area contributed by atoms with Gasteiger partial charge in [0.15, 0.2) is 5.96 Å². The minimum absolute atomic E-state index is 0.0512. The zero-order valence-corrected chi connectivity index (χ0v) is 16.4. The second-order valence-corrected chi connectivity index (χ2v) is 7.35. The lowest BCUT2D eigenvalue weighted by Crippen LogP contribution is -2.49. The summed E-state index contributed by atoms with van der Waals surface area (Å²) < 4.78 is 0. The number of likely N-dealkylation sites (N-methyl/N-ethyl adjacent to an activating group) is 1. The van der Waals surface area contributed by atoms with Crippen molar-refractivity contribution in [3.63, 3.8) is 0 Å². The maximum absolute atomic E-state index is 11.9. The van der Waals surface area contributed by atoms with Gasteiger partial charge in [0, 0.05) is 31.7 Å². The van der Waals surface area contributed by atoms with Gasteiger partial charge in [-0.05, 0) is 40.3 Å². The van der Waals surface area contributed by atoms with Gasteiger partial charge in [0.05, 0.1) is 6.54 Å². The molecule has 1 unspecified atom stereocenters. The molecule has 1 aromatic rings. The molecule has 3 N–H and O–H groups in total. The van der Waals surface area contributed by atoms with Crippen molar-refractivity contribution in [1.82, 2.24) is 20.9 Å². The number of benzene rings is 1. The lowest BCUT2D eigenvalue weighted by Gasteiger charge is -2.26. The predicted octanol–water partition coefficient (Wildman–Crippen LogP) is 1.59. The van der Waals surface area contributed by atoms with Crippen molar-refractivity contribution in [1.29, 1.82) is 0 Å². The molecule has 0 heterocycles. The number of nitrogens with one attached hydrogen (secondary N) is 3. The smallest absolute Gasteiger partial charge is 0.239 e. The molecular formula is C19H33N5O. The Labute approximate surface area is 152 Å². The van der Waals surface area contributed by atoms with E-state index in [1.54, 1.807) is 7.05 Å². The highest BCUT2D eigenvalue weighted by molar-refractivity contribution is 5.86. The molecule has 0 radical (unpaired) electrons. The van der Waals surface area contributed by atoms with Gasteiger partial charge in [0.1, 0.15) is 0 Å². The predicted molar refractivity (Wildman–Crippen MR) is 105 cm³/mol. The third kappa shape index (κ3) is 9.10. The van der Waals surface area contributed by atoms with Crippen LogP contribution in [0, 0.1) is 0 Å². The summed E-state index contributed by atoms with van der Waals surface area (Å²) in [4.78, 5) is 18.3. The zero-order chi connectivity index (χ0) is 18.9. The van der Waals surface area contributed by atoms with Crippen LogP contribution in [0.5, 0.6) is 0 Å². The maximum atomic E-state index is 11.9. The third-order valence-corrected chi connectivity index (χ3v) is 3.75. The largest absolute Gasteiger partial charge is 0.355 e. The molecule has 0 fully saturated rings. The van der Waals surface area contributed by atoms with Gasteiger partial charge in [-0.15, -0.1) is 0 Å². The van der Waals surface area contributed by atoms with Crippen LogP contribution in [0.3, 0.4) is 0 Å². The van der Waals surface area contributed by atoms with E-state index >= 15 is 0 Å². The van der Waals surface area contributed by atoms with Crippen LogP contribution in [0.2, 0.25) is 0 Å². The number of carbonyl (C=O) groups is 1.